The van der Waals surface area contributed by atoms with E-state index in [2.05, 4.69) is 101 Å². The van der Waals surface area contributed by atoms with E-state index in [4.69, 9.17) is 0 Å². The van der Waals surface area contributed by atoms with Crippen molar-refractivity contribution in [3.05, 3.63) is 125 Å². The summed E-state index contributed by atoms with van der Waals surface area (Å²) in [5, 5.41) is 0. The Bertz CT molecular complexity index is 1600. The molecule has 4 aromatic rings. The molecule has 1 aliphatic carbocycles. The molecule has 0 aliphatic heterocycles. The smallest absolute Gasteiger partial charge is 0.0887 e. The SMILES string of the molecule is C/C=C\c1ccc(C=Nc2ccc(-c3ccc(N=Cc4ccc5c(c4)C=CCC5C)cn3)nc2)cc1/C=C\C.CC.CCC. The standard InChI is InChI=1S/C35H32N4.C3H8.C2H6/c1-4-7-28-13-11-26(19-29(28)8-5-2)21-36-31-14-17-34(38-23-31)35-18-15-32(24-39-35)37-22-27-12-16-33-25(3)9-6-10-30(33)20-27;1-3-2;1-2/h4-8,10-25H,9H2,1-3H3;3H2,1-2H3;1-2H3/b7-4-,8-5-,36-21?,37-22?;;. The van der Waals surface area contributed by atoms with Crippen molar-refractivity contribution in [1.82, 2.24) is 9.97 Å². The molecule has 44 heavy (non-hydrogen) atoms. The van der Waals surface area contributed by atoms with Crippen molar-refractivity contribution in [3.8, 4) is 11.4 Å². The average Bonchev–Trinajstić information content (AvgIpc) is 3.06. The molecular weight excluding hydrogens is 536 g/mol. The molecule has 1 aliphatic rings. The van der Waals surface area contributed by atoms with Gasteiger partial charge in [0.2, 0.25) is 0 Å². The second-order valence-corrected chi connectivity index (χ2v) is 10.3. The molecule has 0 spiro atoms. The van der Waals surface area contributed by atoms with E-state index in [1.165, 1.54) is 28.7 Å². The lowest BCUT2D eigenvalue weighted by atomic mass is 9.88. The van der Waals surface area contributed by atoms with Crippen LogP contribution in [0.4, 0.5) is 11.4 Å². The number of hydrogen-bond acceptors (Lipinski definition) is 4. The van der Waals surface area contributed by atoms with Gasteiger partial charge in [0, 0.05) is 12.4 Å². The maximum Gasteiger partial charge on any atom is 0.0887 e. The van der Waals surface area contributed by atoms with Gasteiger partial charge in [0.25, 0.3) is 0 Å². The van der Waals surface area contributed by atoms with Gasteiger partial charge >= 0.3 is 0 Å². The highest BCUT2D eigenvalue weighted by atomic mass is 14.8. The van der Waals surface area contributed by atoms with Gasteiger partial charge in [0.15, 0.2) is 0 Å². The Hall–Kier alpha value is -4.70. The van der Waals surface area contributed by atoms with Crippen LogP contribution < -0.4 is 0 Å². The van der Waals surface area contributed by atoms with Crippen molar-refractivity contribution >= 4 is 42.0 Å². The Balaban J connectivity index is 0.000000997. The van der Waals surface area contributed by atoms with Gasteiger partial charge in [-0.15, -0.1) is 0 Å². The molecule has 2 aromatic heterocycles. The van der Waals surface area contributed by atoms with Gasteiger partial charge in [-0.1, -0.05) is 102 Å². The second-order valence-electron chi connectivity index (χ2n) is 10.3. The number of hydrogen-bond donors (Lipinski definition) is 0. The Morgan fingerprint density at radius 3 is 1.82 bits per heavy atom. The number of rotatable bonds is 7. The van der Waals surface area contributed by atoms with Crippen molar-refractivity contribution in [3.63, 3.8) is 0 Å². The predicted molar refractivity (Wildman–Crippen MR) is 194 cm³/mol. The summed E-state index contributed by atoms with van der Waals surface area (Å²) in [5.41, 5.74) is 10.4. The highest BCUT2D eigenvalue weighted by molar-refractivity contribution is 5.85. The largest absolute Gasteiger partial charge is 0.255 e. The summed E-state index contributed by atoms with van der Waals surface area (Å²) in [6.45, 7) is 14.6. The molecule has 0 fully saturated rings. The van der Waals surface area contributed by atoms with Gasteiger partial charge in [0.05, 0.1) is 35.2 Å². The first-order valence-electron chi connectivity index (χ1n) is 15.7. The van der Waals surface area contributed by atoms with Gasteiger partial charge in [-0.2, -0.15) is 0 Å². The summed E-state index contributed by atoms with van der Waals surface area (Å²) >= 11 is 0. The van der Waals surface area contributed by atoms with Crippen LogP contribution in [0.15, 0.2) is 101 Å². The molecule has 4 nitrogen and oxygen atoms in total. The maximum atomic E-state index is 4.62. The molecule has 0 amide bonds. The maximum absolute atomic E-state index is 4.62. The molecule has 226 valence electrons. The van der Waals surface area contributed by atoms with E-state index in [0.717, 1.165) is 40.3 Å². The van der Waals surface area contributed by atoms with Crippen LogP contribution in [0, 0.1) is 0 Å². The Labute approximate surface area is 264 Å². The number of fused-ring (bicyclic) bond motifs is 1. The van der Waals surface area contributed by atoms with Crippen molar-refractivity contribution in [2.45, 2.75) is 67.2 Å². The molecule has 1 atom stereocenters. The number of aliphatic imine (C=N–C) groups is 2. The third kappa shape index (κ3) is 9.67. The normalized spacial score (nSPS) is 14.0. The Kier molecular flexibility index (Phi) is 13.9. The Morgan fingerprint density at radius 1 is 0.727 bits per heavy atom. The van der Waals surface area contributed by atoms with Crippen LogP contribution in [0.3, 0.4) is 0 Å². The molecule has 0 N–H and O–H groups in total. The fourth-order valence-electron chi connectivity index (χ4n) is 4.65. The van der Waals surface area contributed by atoms with Gasteiger partial charge in [0.1, 0.15) is 0 Å². The molecule has 2 heterocycles. The highest BCUT2D eigenvalue weighted by Gasteiger charge is 2.12. The fraction of sp³-hybridized carbons (Fsp3) is 0.250. The predicted octanol–water partition coefficient (Wildman–Crippen LogP) is 11.7. The molecule has 0 saturated heterocycles. The first-order valence-corrected chi connectivity index (χ1v) is 15.7. The lowest BCUT2D eigenvalue weighted by Gasteiger charge is -2.17. The van der Waals surface area contributed by atoms with Crippen LogP contribution in [-0.4, -0.2) is 22.4 Å². The molecule has 2 aromatic carbocycles. The van der Waals surface area contributed by atoms with Crippen LogP contribution >= 0.6 is 0 Å². The lowest BCUT2D eigenvalue weighted by Crippen LogP contribution is -2.00. The molecule has 5 rings (SSSR count). The van der Waals surface area contributed by atoms with E-state index in [0.29, 0.717) is 5.92 Å². The van der Waals surface area contributed by atoms with E-state index in [1.54, 1.807) is 12.4 Å². The zero-order chi connectivity index (χ0) is 31.7. The summed E-state index contributed by atoms with van der Waals surface area (Å²) in [6, 6.07) is 20.7. The first-order chi connectivity index (χ1) is 21.5. The summed E-state index contributed by atoms with van der Waals surface area (Å²) in [7, 11) is 0. The second kappa shape index (κ2) is 18.1. The molecule has 0 radical (unpaired) electrons. The van der Waals surface area contributed by atoms with Crippen LogP contribution in [-0.2, 0) is 0 Å². The number of pyridine rings is 2. The zero-order valence-corrected chi connectivity index (χ0v) is 27.3. The molecule has 0 bridgehead atoms. The highest BCUT2D eigenvalue weighted by Crippen LogP contribution is 2.29. The monoisotopic (exact) mass is 582 g/mol. The number of benzene rings is 2. The van der Waals surface area contributed by atoms with Gasteiger partial charge in [-0.25, -0.2) is 0 Å². The van der Waals surface area contributed by atoms with E-state index < -0.39 is 0 Å². The lowest BCUT2D eigenvalue weighted by molar-refractivity contribution is 0.771. The first kappa shape index (κ1) is 33.8. The van der Waals surface area contributed by atoms with Crippen molar-refractivity contribution in [2.75, 3.05) is 0 Å². The number of allylic oxidation sites excluding steroid dienone is 3. The summed E-state index contributed by atoms with van der Waals surface area (Å²) < 4.78 is 0. The van der Waals surface area contributed by atoms with E-state index in [1.807, 2.05) is 76.5 Å². The fourth-order valence-corrected chi connectivity index (χ4v) is 4.65. The van der Waals surface area contributed by atoms with Crippen molar-refractivity contribution in [2.24, 2.45) is 9.98 Å². The minimum Gasteiger partial charge on any atom is -0.255 e. The number of nitrogens with zero attached hydrogens (tertiary/aromatic N) is 4. The quantitative estimate of drug-likeness (QED) is 0.203. The summed E-state index contributed by atoms with van der Waals surface area (Å²) in [6.07, 6.45) is 22.4. The minimum absolute atomic E-state index is 0.569. The van der Waals surface area contributed by atoms with Crippen molar-refractivity contribution < 1.29 is 0 Å². The average molecular weight is 583 g/mol. The molecule has 0 saturated carbocycles. The van der Waals surface area contributed by atoms with Crippen LogP contribution in [0.5, 0.6) is 0 Å². The molecular formula is C40H46N4. The van der Waals surface area contributed by atoms with Gasteiger partial charge in [-0.05, 0) is 96.0 Å². The van der Waals surface area contributed by atoms with Crippen LogP contribution in [0.25, 0.3) is 29.6 Å². The summed E-state index contributed by atoms with van der Waals surface area (Å²) in [5.74, 6) is 0.569. The summed E-state index contributed by atoms with van der Waals surface area (Å²) in [4.78, 5) is 18.4. The minimum atomic E-state index is 0.569. The topological polar surface area (TPSA) is 50.5 Å². The van der Waals surface area contributed by atoms with Gasteiger partial charge in [-0.3, -0.25) is 20.0 Å². The van der Waals surface area contributed by atoms with E-state index in [-0.39, 0.29) is 0 Å². The van der Waals surface area contributed by atoms with Crippen LogP contribution in [0.2, 0.25) is 0 Å². The Morgan fingerprint density at radius 2 is 1.27 bits per heavy atom. The third-order valence-electron chi connectivity index (χ3n) is 6.72. The van der Waals surface area contributed by atoms with Crippen molar-refractivity contribution in [1.29, 1.82) is 0 Å². The van der Waals surface area contributed by atoms with Gasteiger partial charge < -0.3 is 0 Å². The van der Waals surface area contributed by atoms with E-state index in [9.17, 15) is 0 Å². The molecule has 1 unspecified atom stereocenters. The third-order valence-corrected chi connectivity index (χ3v) is 6.72. The zero-order valence-electron chi connectivity index (χ0n) is 27.3. The molecule has 4 heteroatoms. The van der Waals surface area contributed by atoms with Crippen LogP contribution in [0.1, 0.15) is 101 Å². The van der Waals surface area contributed by atoms with E-state index >= 15 is 0 Å². The number of aromatic nitrogens is 2.